The molecule has 7 heteroatoms. The number of rotatable bonds is 3. The van der Waals surface area contributed by atoms with Gasteiger partial charge in [-0.2, -0.15) is 5.26 Å². The van der Waals surface area contributed by atoms with E-state index in [9.17, 15) is 9.59 Å². The van der Waals surface area contributed by atoms with Crippen molar-refractivity contribution < 1.29 is 19.1 Å². The topological polar surface area (TPSA) is 107 Å². The zero-order chi connectivity index (χ0) is 17.1. The van der Waals surface area contributed by atoms with Crippen LogP contribution in [0.4, 0.5) is 5.69 Å². The minimum Gasteiger partial charge on any atom is -0.465 e. The van der Waals surface area contributed by atoms with Crippen LogP contribution in [0.1, 0.15) is 32.0 Å². The summed E-state index contributed by atoms with van der Waals surface area (Å²) in [6.45, 7) is 1.74. The van der Waals surface area contributed by atoms with Crippen molar-refractivity contribution in [2.45, 2.75) is 6.92 Å². The Balaban J connectivity index is 2.63. The van der Waals surface area contributed by atoms with Gasteiger partial charge in [0.2, 0.25) is 0 Å². The molecule has 0 aliphatic rings. The van der Waals surface area contributed by atoms with Gasteiger partial charge in [0.25, 0.3) is 0 Å². The lowest BCUT2D eigenvalue weighted by Crippen LogP contribution is -2.12. The molecular formula is C16H15N3O4. The lowest BCUT2D eigenvalue weighted by molar-refractivity contribution is 0.0586. The average molecular weight is 313 g/mol. The second-order valence-electron chi connectivity index (χ2n) is 4.77. The van der Waals surface area contributed by atoms with Crippen LogP contribution < -0.4 is 5.73 Å². The Morgan fingerprint density at radius 3 is 2.39 bits per heavy atom. The van der Waals surface area contributed by atoms with E-state index in [1.54, 1.807) is 25.1 Å². The smallest absolute Gasteiger partial charge is 0.357 e. The highest BCUT2D eigenvalue weighted by Gasteiger charge is 2.22. The van der Waals surface area contributed by atoms with Crippen molar-refractivity contribution in [3.63, 3.8) is 0 Å². The number of esters is 2. The first-order chi connectivity index (χ1) is 10.9. The van der Waals surface area contributed by atoms with Crippen molar-refractivity contribution >= 4 is 17.6 Å². The maximum atomic E-state index is 12.0. The largest absolute Gasteiger partial charge is 0.465 e. The van der Waals surface area contributed by atoms with Gasteiger partial charge in [0.15, 0.2) is 5.69 Å². The number of nitrogens with zero attached hydrogens (tertiary/aromatic N) is 2. The standard InChI is InChI=1S/C16H15N3O4/c1-9-6-11(4-5-12(9)15(20)22-2)19-8-10(7-17)13(18)14(19)16(21)23-3/h4-6,8H,18H2,1-3H3. The van der Waals surface area contributed by atoms with E-state index in [0.29, 0.717) is 16.8 Å². The molecule has 1 aromatic heterocycles. The Bertz CT molecular complexity index is 831. The summed E-state index contributed by atoms with van der Waals surface area (Å²) in [4.78, 5) is 23.6. The molecule has 0 amide bonds. The lowest BCUT2D eigenvalue weighted by atomic mass is 10.1. The molecule has 0 saturated carbocycles. The summed E-state index contributed by atoms with van der Waals surface area (Å²) in [6, 6.07) is 6.84. The Kier molecular flexibility index (Phi) is 4.37. The van der Waals surface area contributed by atoms with Crippen molar-refractivity contribution in [3.05, 3.63) is 46.8 Å². The summed E-state index contributed by atoms with van der Waals surface area (Å²) >= 11 is 0. The van der Waals surface area contributed by atoms with Crippen LogP contribution in [-0.4, -0.2) is 30.7 Å². The van der Waals surface area contributed by atoms with Crippen LogP contribution in [0.5, 0.6) is 0 Å². The Labute approximate surface area is 132 Å². The third-order valence-electron chi connectivity index (χ3n) is 3.44. The number of hydrogen-bond acceptors (Lipinski definition) is 6. The molecule has 0 spiro atoms. The average Bonchev–Trinajstić information content (AvgIpc) is 2.89. The molecule has 0 saturated heterocycles. The number of carbonyl (C=O) groups excluding carboxylic acids is 2. The summed E-state index contributed by atoms with van der Waals surface area (Å²) in [5, 5.41) is 9.10. The molecule has 7 nitrogen and oxygen atoms in total. The maximum absolute atomic E-state index is 12.0. The summed E-state index contributed by atoms with van der Waals surface area (Å²) in [5.74, 6) is -1.11. The van der Waals surface area contributed by atoms with Gasteiger partial charge in [-0.1, -0.05) is 0 Å². The number of aromatic nitrogens is 1. The first-order valence-electron chi connectivity index (χ1n) is 6.63. The third kappa shape index (κ3) is 2.74. The molecule has 0 fully saturated rings. The maximum Gasteiger partial charge on any atom is 0.357 e. The van der Waals surface area contributed by atoms with Crippen LogP contribution in [0.2, 0.25) is 0 Å². The first kappa shape index (κ1) is 16.1. The molecule has 0 aliphatic heterocycles. The van der Waals surface area contributed by atoms with Crippen molar-refractivity contribution in [2.75, 3.05) is 20.0 Å². The number of nitriles is 1. The molecule has 2 aromatic rings. The van der Waals surface area contributed by atoms with Gasteiger partial charge in [-0.15, -0.1) is 0 Å². The lowest BCUT2D eigenvalue weighted by Gasteiger charge is -2.11. The van der Waals surface area contributed by atoms with Gasteiger partial charge in [0.05, 0.1) is 31.0 Å². The molecule has 118 valence electrons. The summed E-state index contributed by atoms with van der Waals surface area (Å²) in [6.07, 6.45) is 1.45. The third-order valence-corrected chi connectivity index (χ3v) is 3.44. The fourth-order valence-electron chi connectivity index (χ4n) is 2.25. The molecular weight excluding hydrogens is 298 g/mol. The normalized spacial score (nSPS) is 10.0. The number of carbonyl (C=O) groups is 2. The van der Waals surface area contributed by atoms with Crippen LogP contribution in [0, 0.1) is 18.3 Å². The molecule has 2 rings (SSSR count). The van der Waals surface area contributed by atoms with Gasteiger partial charge in [-0.05, 0) is 30.7 Å². The van der Waals surface area contributed by atoms with Gasteiger partial charge >= 0.3 is 11.9 Å². The molecule has 2 N–H and O–H groups in total. The van der Waals surface area contributed by atoms with E-state index in [0.717, 1.165) is 0 Å². The van der Waals surface area contributed by atoms with Crippen LogP contribution >= 0.6 is 0 Å². The number of aryl methyl sites for hydroxylation is 1. The first-order valence-corrected chi connectivity index (χ1v) is 6.63. The van der Waals surface area contributed by atoms with Gasteiger partial charge < -0.3 is 19.8 Å². The van der Waals surface area contributed by atoms with Crippen molar-refractivity contribution in [2.24, 2.45) is 0 Å². The van der Waals surface area contributed by atoms with E-state index in [2.05, 4.69) is 0 Å². The molecule has 0 radical (unpaired) electrons. The number of anilines is 1. The molecule has 23 heavy (non-hydrogen) atoms. The highest BCUT2D eigenvalue weighted by molar-refractivity contribution is 5.96. The zero-order valence-electron chi connectivity index (χ0n) is 12.9. The predicted octanol–water partition coefficient (Wildman–Crippen LogP) is 1.81. The number of hydrogen-bond donors (Lipinski definition) is 1. The van der Waals surface area contributed by atoms with E-state index in [4.69, 9.17) is 20.5 Å². The van der Waals surface area contributed by atoms with Crippen LogP contribution in [0.15, 0.2) is 24.4 Å². The van der Waals surface area contributed by atoms with Crippen LogP contribution in [0.25, 0.3) is 5.69 Å². The monoisotopic (exact) mass is 313 g/mol. The van der Waals surface area contributed by atoms with Gasteiger partial charge in [-0.3, -0.25) is 0 Å². The number of methoxy groups -OCH3 is 2. The minimum absolute atomic E-state index is 0.0500. The zero-order valence-corrected chi connectivity index (χ0v) is 12.9. The second kappa shape index (κ2) is 6.23. The molecule has 0 aliphatic carbocycles. The Hall–Kier alpha value is -3.27. The molecule has 0 atom stereocenters. The molecule has 1 heterocycles. The quantitative estimate of drug-likeness (QED) is 0.866. The van der Waals surface area contributed by atoms with E-state index >= 15 is 0 Å². The van der Waals surface area contributed by atoms with Crippen LogP contribution in [-0.2, 0) is 9.47 Å². The van der Waals surface area contributed by atoms with Gasteiger partial charge in [0, 0.05) is 11.9 Å². The molecule has 0 unspecified atom stereocenters. The molecule has 1 aromatic carbocycles. The number of nitrogens with two attached hydrogens (primary N) is 1. The minimum atomic E-state index is -0.654. The van der Waals surface area contributed by atoms with Crippen molar-refractivity contribution in [1.29, 1.82) is 5.26 Å². The van der Waals surface area contributed by atoms with Crippen molar-refractivity contribution in [1.82, 2.24) is 4.57 Å². The second-order valence-corrected chi connectivity index (χ2v) is 4.77. The summed E-state index contributed by atoms with van der Waals surface area (Å²) in [7, 11) is 2.54. The van der Waals surface area contributed by atoms with E-state index < -0.39 is 11.9 Å². The number of ether oxygens (including phenoxy) is 2. The number of benzene rings is 1. The van der Waals surface area contributed by atoms with Crippen molar-refractivity contribution in [3.8, 4) is 11.8 Å². The van der Waals surface area contributed by atoms with E-state index in [1.807, 2.05) is 6.07 Å². The predicted molar refractivity (Wildman–Crippen MR) is 82.3 cm³/mol. The highest BCUT2D eigenvalue weighted by atomic mass is 16.5. The highest BCUT2D eigenvalue weighted by Crippen LogP contribution is 2.26. The van der Waals surface area contributed by atoms with Gasteiger partial charge in [0.1, 0.15) is 6.07 Å². The fraction of sp³-hybridized carbons (Fsp3) is 0.188. The Morgan fingerprint density at radius 2 is 1.87 bits per heavy atom. The fourth-order valence-corrected chi connectivity index (χ4v) is 2.25. The van der Waals surface area contributed by atoms with Crippen LogP contribution in [0.3, 0.4) is 0 Å². The van der Waals surface area contributed by atoms with Gasteiger partial charge in [-0.25, -0.2) is 9.59 Å². The summed E-state index contributed by atoms with van der Waals surface area (Å²) in [5.41, 5.74) is 7.78. The Morgan fingerprint density at radius 1 is 1.22 bits per heavy atom. The molecule has 0 bridgehead atoms. The van der Waals surface area contributed by atoms with E-state index in [1.165, 1.54) is 25.0 Å². The van der Waals surface area contributed by atoms with E-state index in [-0.39, 0.29) is 16.9 Å². The number of nitrogen functional groups attached to an aromatic ring is 1. The SMILES string of the molecule is COC(=O)c1ccc(-n2cc(C#N)c(N)c2C(=O)OC)cc1C. The summed E-state index contributed by atoms with van der Waals surface area (Å²) < 4.78 is 10.9.